The molecule has 6 rings (SSSR count). The van der Waals surface area contributed by atoms with Crippen LogP contribution in [0.2, 0.25) is 0 Å². The second kappa shape index (κ2) is 21.5. The Bertz CT molecular complexity index is 1420. The summed E-state index contributed by atoms with van der Waals surface area (Å²) in [4.78, 5) is 49.3. The molecule has 58 heavy (non-hydrogen) atoms. The third-order valence-corrected chi connectivity index (χ3v) is 17.9. The van der Waals surface area contributed by atoms with E-state index in [0.717, 1.165) is 86.7 Å². The van der Waals surface area contributed by atoms with E-state index >= 15 is 0 Å². The van der Waals surface area contributed by atoms with Gasteiger partial charge in [-0.05, 0) is 117 Å². The van der Waals surface area contributed by atoms with Crippen molar-refractivity contribution in [3.63, 3.8) is 0 Å². The molecule has 0 aromatic carbocycles. The van der Waals surface area contributed by atoms with Crippen molar-refractivity contribution in [2.75, 3.05) is 18.8 Å². The molecule has 2 aliphatic heterocycles. The van der Waals surface area contributed by atoms with E-state index < -0.39 is 0 Å². The van der Waals surface area contributed by atoms with E-state index in [1.807, 2.05) is 11.8 Å². The van der Waals surface area contributed by atoms with Crippen molar-refractivity contribution in [1.82, 2.24) is 26.6 Å². The van der Waals surface area contributed by atoms with Crippen molar-refractivity contribution in [2.45, 2.75) is 205 Å². The van der Waals surface area contributed by atoms with Crippen molar-refractivity contribution in [3.05, 3.63) is 11.6 Å². The predicted octanol–water partition coefficient (Wildman–Crippen LogP) is 9.35. The van der Waals surface area contributed by atoms with Gasteiger partial charge in [-0.15, -0.1) is 0 Å². The molecule has 0 spiro atoms. The lowest BCUT2D eigenvalue weighted by Crippen LogP contribution is -2.52. The molecule has 0 radical (unpaired) electrons. The highest BCUT2D eigenvalue weighted by atomic mass is 32.2. The Hall–Kier alpha value is -2.23. The number of allylic oxidation sites excluding steroid dienone is 1. The number of fused-ring (bicyclic) bond motifs is 6. The van der Waals surface area contributed by atoms with Crippen LogP contribution < -0.4 is 26.6 Å². The van der Waals surface area contributed by atoms with Crippen molar-refractivity contribution in [3.8, 4) is 0 Å². The molecule has 6 aliphatic rings. The van der Waals surface area contributed by atoms with Crippen LogP contribution in [0.15, 0.2) is 11.6 Å². The van der Waals surface area contributed by atoms with Crippen molar-refractivity contribution in [1.29, 1.82) is 0 Å². The number of amides is 5. The van der Waals surface area contributed by atoms with Crippen LogP contribution in [0, 0.1) is 40.4 Å². The molecule has 10 heteroatoms. The van der Waals surface area contributed by atoms with Gasteiger partial charge < -0.3 is 26.6 Å². The summed E-state index contributed by atoms with van der Waals surface area (Å²) in [5.41, 5.74) is 2.41. The van der Waals surface area contributed by atoms with Crippen LogP contribution in [-0.2, 0) is 14.4 Å². The monoisotopic (exact) mass is 824 g/mol. The Kier molecular flexibility index (Phi) is 16.8. The van der Waals surface area contributed by atoms with E-state index in [2.05, 4.69) is 60.4 Å². The maximum Gasteiger partial charge on any atom is 0.315 e. The van der Waals surface area contributed by atoms with Gasteiger partial charge in [0, 0.05) is 49.4 Å². The van der Waals surface area contributed by atoms with Crippen molar-refractivity contribution in [2.24, 2.45) is 40.4 Å². The van der Waals surface area contributed by atoms with Crippen LogP contribution in [0.25, 0.3) is 0 Å². The van der Waals surface area contributed by atoms with E-state index in [-0.39, 0.29) is 47.3 Å². The molecular weight excluding hydrogens is 743 g/mol. The van der Waals surface area contributed by atoms with Crippen LogP contribution in [0.4, 0.5) is 4.79 Å². The lowest BCUT2D eigenvalue weighted by molar-refractivity contribution is -0.123. The zero-order valence-corrected chi connectivity index (χ0v) is 37.7. The first-order chi connectivity index (χ1) is 28.0. The van der Waals surface area contributed by atoms with Crippen LogP contribution in [-0.4, -0.2) is 66.0 Å². The highest BCUT2D eigenvalue weighted by Gasteiger charge is 2.59. The number of carbonyl (C=O) groups is 4. The van der Waals surface area contributed by atoms with Gasteiger partial charge in [0.15, 0.2) is 0 Å². The van der Waals surface area contributed by atoms with Gasteiger partial charge in [0.25, 0.3) is 0 Å². The molecule has 0 bridgehead atoms. The van der Waals surface area contributed by atoms with Gasteiger partial charge in [-0.2, -0.15) is 11.8 Å². The number of carbonyl (C=O) groups excluding carboxylic acids is 4. The fourth-order valence-electron chi connectivity index (χ4n) is 13.1. The minimum atomic E-state index is -0.0533. The van der Waals surface area contributed by atoms with E-state index in [4.69, 9.17) is 0 Å². The van der Waals surface area contributed by atoms with Crippen LogP contribution in [0.1, 0.15) is 182 Å². The Balaban J connectivity index is 0.802. The van der Waals surface area contributed by atoms with E-state index in [9.17, 15) is 19.2 Å². The van der Waals surface area contributed by atoms with E-state index in [0.29, 0.717) is 43.0 Å². The Morgan fingerprint density at radius 2 is 1.55 bits per heavy atom. The molecule has 328 valence electrons. The topological polar surface area (TPSA) is 128 Å². The second-order valence-corrected chi connectivity index (χ2v) is 21.4. The highest BCUT2D eigenvalue weighted by molar-refractivity contribution is 8.00. The van der Waals surface area contributed by atoms with Gasteiger partial charge >= 0.3 is 6.03 Å². The summed E-state index contributed by atoms with van der Waals surface area (Å²) < 4.78 is 0. The summed E-state index contributed by atoms with van der Waals surface area (Å²) in [6.07, 6.45) is 29.2. The number of urea groups is 1. The third kappa shape index (κ3) is 11.4. The minimum absolute atomic E-state index is 0.00342. The largest absolute Gasteiger partial charge is 0.356 e. The Morgan fingerprint density at radius 1 is 0.810 bits per heavy atom. The first-order valence-corrected chi connectivity index (χ1v) is 25.3. The van der Waals surface area contributed by atoms with Gasteiger partial charge in [-0.3, -0.25) is 14.4 Å². The summed E-state index contributed by atoms with van der Waals surface area (Å²) >= 11 is 1.91. The number of rotatable bonds is 23. The number of unbranched alkanes of at least 4 members (excludes halogenated alkanes) is 8. The molecule has 0 aromatic rings. The molecule has 5 fully saturated rings. The fourth-order valence-corrected chi connectivity index (χ4v) is 14.6. The molecule has 3 saturated carbocycles. The number of thioether (sulfide) groups is 1. The molecule has 5 amide bonds. The molecule has 2 saturated heterocycles. The summed E-state index contributed by atoms with van der Waals surface area (Å²) in [5.74, 6) is 5.34. The summed E-state index contributed by atoms with van der Waals surface area (Å²) in [6.45, 7) is 11.2. The lowest BCUT2D eigenvalue weighted by atomic mass is 9.47. The molecule has 11 atom stereocenters. The van der Waals surface area contributed by atoms with E-state index in [1.54, 1.807) is 5.57 Å². The number of hydrogen-bond acceptors (Lipinski definition) is 5. The van der Waals surface area contributed by atoms with Gasteiger partial charge in [-0.25, -0.2) is 4.79 Å². The Labute approximate surface area is 356 Å². The normalized spacial score (nSPS) is 34.1. The zero-order chi connectivity index (χ0) is 41.1. The first-order valence-electron chi connectivity index (χ1n) is 24.2. The summed E-state index contributed by atoms with van der Waals surface area (Å²) in [6, 6.07) is 0.619. The van der Waals surface area contributed by atoms with Gasteiger partial charge in [0.2, 0.25) is 17.7 Å². The third-order valence-electron chi connectivity index (χ3n) is 16.4. The maximum atomic E-state index is 13.0. The van der Waals surface area contributed by atoms with Gasteiger partial charge in [0.05, 0.1) is 12.1 Å². The standard InChI is InChI=1S/C48H81N5O4S/c1-5-6-7-8-9-11-16-33(2)37-22-23-38-36-21-20-34-31-35(24-27-47(34,3)39(36)25-28-48(37,38)4)51-44(56)26-30-50-43(55)18-12-10-15-29-49-42(54)19-14-13-17-41-45-40(32-58-41)52-46(57)53-45/h20,33,35-41,45H,5-19,21-32H2,1-4H3,(H,49,54)(H,50,55)(H,51,56)(H2,52,53,57)/t33-,35+,36+,37?,38+,39?,40+,41+,45+,47?,48?/m1/s1. The van der Waals surface area contributed by atoms with Crippen LogP contribution in [0.5, 0.6) is 0 Å². The molecular formula is C48H81N5O4S. The minimum Gasteiger partial charge on any atom is -0.356 e. The highest BCUT2D eigenvalue weighted by Crippen LogP contribution is 2.67. The van der Waals surface area contributed by atoms with Gasteiger partial charge in [0.1, 0.15) is 0 Å². The van der Waals surface area contributed by atoms with Crippen LogP contribution >= 0.6 is 11.8 Å². The summed E-state index contributed by atoms with van der Waals surface area (Å²) in [7, 11) is 0. The Morgan fingerprint density at radius 3 is 2.36 bits per heavy atom. The van der Waals surface area contributed by atoms with Crippen LogP contribution in [0.3, 0.4) is 0 Å². The fraction of sp³-hybridized carbons (Fsp3) is 0.875. The average molecular weight is 824 g/mol. The average Bonchev–Trinajstić information content (AvgIpc) is 3.87. The van der Waals surface area contributed by atoms with E-state index in [1.165, 1.54) is 83.5 Å². The smallest absolute Gasteiger partial charge is 0.315 e. The van der Waals surface area contributed by atoms with Crippen molar-refractivity contribution >= 4 is 35.5 Å². The molecule has 0 aromatic heterocycles. The zero-order valence-electron chi connectivity index (χ0n) is 36.9. The molecule has 4 unspecified atom stereocenters. The lowest BCUT2D eigenvalue weighted by Gasteiger charge is -2.58. The molecule has 5 N–H and O–H groups in total. The van der Waals surface area contributed by atoms with Gasteiger partial charge in [-0.1, -0.05) is 97.1 Å². The predicted molar refractivity (Wildman–Crippen MR) is 237 cm³/mol. The maximum absolute atomic E-state index is 13.0. The SMILES string of the molecule is CCCCCCCC[C@@H](C)C1CC[C@H]2[C@@H]3CC=C4C[C@@H](NC(=O)CCNC(=O)CCCCCNC(=O)CCCC[C@@H]5SC[C@@H]6NC(=O)N[C@@H]65)CCC4(C)C3CCC12C. The second-order valence-electron chi connectivity index (χ2n) is 20.2. The van der Waals surface area contributed by atoms with Crippen molar-refractivity contribution < 1.29 is 19.2 Å². The molecule has 2 heterocycles. The molecule has 4 aliphatic carbocycles. The number of hydrogen-bond donors (Lipinski definition) is 5. The summed E-state index contributed by atoms with van der Waals surface area (Å²) in [5, 5.41) is 15.7. The number of nitrogens with one attached hydrogen (secondary N) is 5. The quantitative estimate of drug-likeness (QED) is 0.0399. The molecule has 9 nitrogen and oxygen atoms in total. The first kappa shape index (κ1) is 45.3.